The van der Waals surface area contributed by atoms with Crippen LogP contribution >= 0.6 is 0 Å². The molecule has 0 bridgehead atoms. The van der Waals surface area contributed by atoms with E-state index in [1.807, 2.05) is 11.8 Å². The lowest BCUT2D eigenvalue weighted by atomic mass is 9.86. The molecule has 2 heterocycles. The maximum absolute atomic E-state index is 13.8. The van der Waals surface area contributed by atoms with Crippen LogP contribution < -0.4 is 5.32 Å². The smallest absolute Gasteiger partial charge is 0.272 e. The molecule has 2 aliphatic rings. The third-order valence-electron chi connectivity index (χ3n) is 8.17. The van der Waals surface area contributed by atoms with Gasteiger partial charge < -0.3 is 15.0 Å². The molecule has 2 atom stereocenters. The first kappa shape index (κ1) is 28.6. The van der Waals surface area contributed by atoms with E-state index in [2.05, 4.69) is 60.3 Å². The third-order valence-corrected chi connectivity index (χ3v) is 8.17. The highest BCUT2D eigenvalue weighted by molar-refractivity contribution is 5.93. The van der Waals surface area contributed by atoms with E-state index in [-0.39, 0.29) is 36.2 Å². The number of piperidine rings is 1. The molecule has 0 radical (unpaired) electrons. The van der Waals surface area contributed by atoms with Gasteiger partial charge in [0.1, 0.15) is 12.0 Å². The van der Waals surface area contributed by atoms with Crippen LogP contribution in [0.5, 0.6) is 0 Å². The Morgan fingerprint density at radius 2 is 1.79 bits per heavy atom. The molecule has 8 heteroatoms. The number of halogens is 2. The summed E-state index contributed by atoms with van der Waals surface area (Å²) in [5.41, 5.74) is 4.90. The Morgan fingerprint density at radius 1 is 1.11 bits per heavy atom. The van der Waals surface area contributed by atoms with Crippen molar-refractivity contribution in [3.8, 4) is 0 Å². The van der Waals surface area contributed by atoms with Crippen LogP contribution in [0.4, 0.5) is 8.78 Å². The number of likely N-dealkylation sites (tertiary alicyclic amines) is 1. The molecule has 1 saturated carbocycles. The van der Waals surface area contributed by atoms with Gasteiger partial charge in [-0.05, 0) is 55.6 Å². The van der Waals surface area contributed by atoms with Gasteiger partial charge >= 0.3 is 0 Å². The van der Waals surface area contributed by atoms with Crippen LogP contribution in [0.2, 0.25) is 0 Å². The van der Waals surface area contributed by atoms with Crippen LogP contribution in [0.1, 0.15) is 85.7 Å². The molecule has 2 aromatic rings. The minimum absolute atomic E-state index is 0.0637. The maximum Gasteiger partial charge on any atom is 0.272 e. The molecule has 0 spiro atoms. The quantitative estimate of drug-likeness (QED) is 0.531. The van der Waals surface area contributed by atoms with Gasteiger partial charge in [0.15, 0.2) is 0 Å². The van der Waals surface area contributed by atoms with Crippen molar-refractivity contribution >= 4 is 5.91 Å². The number of ether oxygens (including phenoxy) is 1. The summed E-state index contributed by atoms with van der Waals surface area (Å²) < 4.78 is 32.9. The van der Waals surface area contributed by atoms with Crippen molar-refractivity contribution in [3.63, 3.8) is 0 Å². The lowest BCUT2D eigenvalue weighted by Crippen LogP contribution is -2.54. The van der Waals surface area contributed by atoms with E-state index in [0.29, 0.717) is 25.2 Å². The first-order chi connectivity index (χ1) is 18.0. The number of carbonyl (C=O) groups is 1. The van der Waals surface area contributed by atoms with E-state index in [1.165, 1.54) is 24.6 Å². The number of nitrogens with one attached hydrogen (secondary N) is 1. The monoisotopic (exact) mass is 528 g/mol. The van der Waals surface area contributed by atoms with E-state index in [4.69, 9.17) is 4.74 Å². The lowest BCUT2D eigenvalue weighted by molar-refractivity contribution is -0.100. The van der Waals surface area contributed by atoms with E-state index in [9.17, 15) is 13.6 Å². The summed E-state index contributed by atoms with van der Waals surface area (Å²) in [7, 11) is 1.50. The van der Waals surface area contributed by atoms with Crippen LogP contribution in [0.25, 0.3) is 0 Å². The Bertz CT molecular complexity index is 1090. The first-order valence-corrected chi connectivity index (χ1v) is 13.8. The van der Waals surface area contributed by atoms with Gasteiger partial charge in [0.2, 0.25) is 0 Å². The van der Waals surface area contributed by atoms with Gasteiger partial charge in [-0.1, -0.05) is 45.0 Å². The number of aryl methyl sites for hydroxylation is 2. The zero-order chi connectivity index (χ0) is 27.5. The van der Waals surface area contributed by atoms with Crippen molar-refractivity contribution in [3.05, 3.63) is 58.7 Å². The van der Waals surface area contributed by atoms with E-state index in [1.54, 1.807) is 0 Å². The first-order valence-electron chi connectivity index (χ1n) is 13.8. The third kappa shape index (κ3) is 6.94. The van der Waals surface area contributed by atoms with Crippen LogP contribution in [0, 0.1) is 6.92 Å². The van der Waals surface area contributed by atoms with Gasteiger partial charge in [-0.15, -0.1) is 0 Å². The fourth-order valence-electron chi connectivity index (χ4n) is 5.62. The predicted molar refractivity (Wildman–Crippen MR) is 145 cm³/mol. The molecule has 4 rings (SSSR count). The Morgan fingerprint density at radius 3 is 2.42 bits per heavy atom. The summed E-state index contributed by atoms with van der Waals surface area (Å²) in [5.74, 6) is -2.72. The normalized spacial score (nSPS) is 22.4. The maximum atomic E-state index is 13.8. The Kier molecular flexibility index (Phi) is 8.82. The molecule has 1 N–H and O–H groups in total. The van der Waals surface area contributed by atoms with Crippen LogP contribution in [0.15, 0.2) is 30.6 Å². The molecule has 38 heavy (non-hydrogen) atoms. The van der Waals surface area contributed by atoms with Gasteiger partial charge in [-0.25, -0.2) is 18.7 Å². The number of rotatable bonds is 7. The SMILES string of the molecule is COC1CC(F)(F)CCC1NC1CCN(C(=O)c2ncnc(CCc3ccc(C(C)(C)C)cc3)c2C)CC1. The number of hydrogen-bond acceptors (Lipinski definition) is 5. The predicted octanol–water partition coefficient (Wildman–Crippen LogP) is 5.26. The van der Waals surface area contributed by atoms with Crippen molar-refractivity contribution in [2.75, 3.05) is 20.2 Å². The molecular formula is C30H42F2N4O2. The van der Waals surface area contributed by atoms with Crippen LogP contribution in [-0.4, -0.2) is 65.1 Å². The van der Waals surface area contributed by atoms with Crippen molar-refractivity contribution in [1.29, 1.82) is 0 Å². The van der Waals surface area contributed by atoms with Crippen molar-refractivity contribution in [2.24, 2.45) is 0 Å². The van der Waals surface area contributed by atoms with Gasteiger partial charge in [0, 0.05) is 56.4 Å². The summed E-state index contributed by atoms with van der Waals surface area (Å²) in [6, 6.07) is 8.83. The summed E-state index contributed by atoms with van der Waals surface area (Å²) >= 11 is 0. The van der Waals surface area contributed by atoms with Gasteiger partial charge in [0.05, 0.1) is 6.10 Å². The highest BCUT2D eigenvalue weighted by Crippen LogP contribution is 2.35. The van der Waals surface area contributed by atoms with Crippen LogP contribution in [0.3, 0.4) is 0 Å². The second-order valence-corrected chi connectivity index (χ2v) is 12.0. The number of amides is 1. The molecular weight excluding hydrogens is 486 g/mol. The zero-order valence-corrected chi connectivity index (χ0v) is 23.4. The number of nitrogens with zero attached hydrogens (tertiary/aromatic N) is 3. The standard InChI is InChI=1S/C30H42F2N4O2/c1-20-24(11-8-21-6-9-22(10-7-21)29(2,3)4)33-19-34-27(20)28(37)36-16-13-23(14-17-36)35-25-12-15-30(31,32)18-26(25)38-5/h6-7,9-10,19,23,25-26,35H,8,11-18H2,1-5H3. The number of alkyl halides is 2. The van der Waals surface area contributed by atoms with Crippen molar-refractivity contribution < 1.29 is 18.3 Å². The zero-order valence-electron chi connectivity index (χ0n) is 23.4. The summed E-state index contributed by atoms with van der Waals surface area (Å²) in [4.78, 5) is 24.0. The number of hydrogen-bond donors (Lipinski definition) is 1. The summed E-state index contributed by atoms with van der Waals surface area (Å²) in [5, 5.41) is 3.54. The fourth-order valence-corrected chi connectivity index (χ4v) is 5.62. The molecule has 2 fully saturated rings. The summed E-state index contributed by atoms with van der Waals surface area (Å²) in [6.07, 6.45) is 4.20. The molecule has 1 aromatic heterocycles. The Balaban J connectivity index is 1.32. The van der Waals surface area contributed by atoms with Gasteiger partial charge in [-0.3, -0.25) is 4.79 Å². The highest BCUT2D eigenvalue weighted by Gasteiger charge is 2.42. The molecule has 1 amide bonds. The van der Waals surface area contributed by atoms with Crippen molar-refractivity contribution in [2.45, 2.75) is 102 Å². The second kappa shape index (κ2) is 11.7. The van der Waals surface area contributed by atoms with Gasteiger partial charge in [-0.2, -0.15) is 0 Å². The molecule has 208 valence electrons. The molecule has 1 saturated heterocycles. The molecule has 1 aliphatic carbocycles. The Hall–Kier alpha value is -2.45. The minimum atomic E-state index is -2.65. The largest absolute Gasteiger partial charge is 0.380 e. The lowest BCUT2D eigenvalue weighted by Gasteiger charge is -2.40. The van der Waals surface area contributed by atoms with Crippen LogP contribution in [-0.2, 0) is 23.0 Å². The molecule has 1 aliphatic heterocycles. The fraction of sp³-hybridized carbons (Fsp3) is 0.633. The highest BCUT2D eigenvalue weighted by atomic mass is 19.3. The number of aromatic nitrogens is 2. The average Bonchev–Trinajstić information content (AvgIpc) is 2.88. The average molecular weight is 529 g/mol. The molecule has 6 nitrogen and oxygen atoms in total. The van der Waals surface area contributed by atoms with E-state index < -0.39 is 12.0 Å². The van der Waals surface area contributed by atoms with E-state index in [0.717, 1.165) is 36.9 Å². The second-order valence-electron chi connectivity index (χ2n) is 12.0. The van der Waals surface area contributed by atoms with Crippen molar-refractivity contribution in [1.82, 2.24) is 20.2 Å². The number of methoxy groups -OCH3 is 1. The Labute approximate surface area is 225 Å². The van der Waals surface area contributed by atoms with E-state index >= 15 is 0 Å². The molecule has 2 unspecified atom stereocenters. The molecule has 1 aromatic carbocycles. The topological polar surface area (TPSA) is 67.3 Å². The van der Waals surface area contributed by atoms with Gasteiger partial charge in [0.25, 0.3) is 11.8 Å². The number of benzene rings is 1. The minimum Gasteiger partial charge on any atom is -0.380 e. The number of carbonyl (C=O) groups excluding carboxylic acids is 1. The summed E-state index contributed by atoms with van der Waals surface area (Å²) in [6.45, 7) is 9.78.